The summed E-state index contributed by atoms with van der Waals surface area (Å²) in [6, 6.07) is 5.28. The van der Waals surface area contributed by atoms with Crippen LogP contribution in [0, 0.1) is 0 Å². The molecule has 0 aliphatic carbocycles. The maximum absolute atomic E-state index is 13.2. The monoisotopic (exact) mass is 522 g/mol. The number of nitrogens with zero attached hydrogens (tertiary/aromatic N) is 4. The van der Waals surface area contributed by atoms with Crippen LogP contribution in [-0.2, 0) is 33.7 Å². The van der Waals surface area contributed by atoms with Crippen LogP contribution in [0.25, 0.3) is 0 Å². The number of rotatable bonds is 14. The number of esters is 1. The Morgan fingerprint density at radius 2 is 1.95 bits per heavy atom. The molecule has 0 spiro atoms. The number of carbonyl (C=O) groups excluding carboxylic acids is 2. The fraction of sp³-hybridized carbons (Fsp3) is 0.621. The highest BCUT2D eigenvalue weighted by molar-refractivity contribution is 5.87. The highest BCUT2D eigenvalue weighted by atomic mass is 16.5. The Morgan fingerprint density at radius 3 is 2.79 bits per heavy atom. The Bertz CT molecular complexity index is 1030. The first kappa shape index (κ1) is 28.0. The van der Waals surface area contributed by atoms with Gasteiger partial charge in [-0.3, -0.25) is 9.69 Å². The van der Waals surface area contributed by atoms with Gasteiger partial charge in [0, 0.05) is 24.6 Å². The summed E-state index contributed by atoms with van der Waals surface area (Å²) in [6.07, 6.45) is 14.2. The van der Waals surface area contributed by atoms with Gasteiger partial charge in [-0.05, 0) is 76.1 Å². The van der Waals surface area contributed by atoms with Crippen LogP contribution in [0.1, 0.15) is 81.8 Å². The molecule has 1 amide bonds. The van der Waals surface area contributed by atoms with Crippen molar-refractivity contribution in [2.24, 2.45) is 0 Å². The second-order valence-corrected chi connectivity index (χ2v) is 10.3. The average Bonchev–Trinajstić information content (AvgIpc) is 3.40. The highest BCUT2D eigenvalue weighted by Gasteiger charge is 2.33. The number of carbonyl (C=O) groups is 2. The van der Waals surface area contributed by atoms with E-state index in [1.54, 1.807) is 25.4 Å². The summed E-state index contributed by atoms with van der Waals surface area (Å²) in [4.78, 5) is 41.2. The molecule has 9 nitrogen and oxygen atoms in total. The molecule has 0 saturated carbocycles. The number of ether oxygens (including phenoxy) is 1. The topological polar surface area (TPSA) is 109 Å². The summed E-state index contributed by atoms with van der Waals surface area (Å²) in [6.45, 7) is 4.46. The first-order valence-corrected chi connectivity index (χ1v) is 14.3. The lowest BCUT2D eigenvalue weighted by Crippen LogP contribution is -2.49. The lowest BCUT2D eigenvalue weighted by atomic mass is 10.0. The van der Waals surface area contributed by atoms with Crippen LogP contribution in [-0.4, -0.2) is 63.5 Å². The number of amides is 1. The van der Waals surface area contributed by atoms with Crippen molar-refractivity contribution in [2.75, 3.05) is 25.0 Å². The number of pyridine rings is 1. The first-order valence-electron chi connectivity index (χ1n) is 14.3. The number of aromatic nitrogens is 3. The van der Waals surface area contributed by atoms with E-state index in [9.17, 15) is 9.59 Å². The molecule has 0 unspecified atom stereocenters. The third-order valence-electron chi connectivity index (χ3n) is 7.40. The summed E-state index contributed by atoms with van der Waals surface area (Å²) in [5.41, 5.74) is 2.48. The second kappa shape index (κ2) is 14.8. The minimum Gasteiger partial charge on any atom is -0.464 e. The number of anilines is 1. The maximum Gasteiger partial charge on any atom is 0.328 e. The minimum atomic E-state index is -0.606. The van der Waals surface area contributed by atoms with Crippen LogP contribution in [0.3, 0.4) is 0 Å². The van der Waals surface area contributed by atoms with E-state index in [4.69, 9.17) is 9.72 Å². The van der Waals surface area contributed by atoms with E-state index in [2.05, 4.69) is 37.6 Å². The molecule has 4 heterocycles. The average molecular weight is 523 g/mol. The molecule has 0 radical (unpaired) electrons. The molecule has 2 aromatic heterocycles. The fourth-order valence-electron chi connectivity index (χ4n) is 5.36. The molecule has 2 aliphatic rings. The predicted molar refractivity (Wildman–Crippen MR) is 146 cm³/mol. The maximum atomic E-state index is 13.2. The van der Waals surface area contributed by atoms with Crippen molar-refractivity contribution in [3.05, 3.63) is 47.7 Å². The van der Waals surface area contributed by atoms with Crippen molar-refractivity contribution in [2.45, 2.75) is 96.2 Å². The smallest absolute Gasteiger partial charge is 0.328 e. The minimum absolute atomic E-state index is 0.108. The SMILES string of the molecule is CCOC(=O)[C@H](CCCCCCCc1ccc2c(n1)NCCC2)NC(=O)[C@@H]1CCCN1Cc1ncccn1. The van der Waals surface area contributed by atoms with Crippen LogP contribution < -0.4 is 10.6 Å². The molecule has 1 saturated heterocycles. The predicted octanol–water partition coefficient (Wildman–Crippen LogP) is 3.83. The molecule has 38 heavy (non-hydrogen) atoms. The van der Waals surface area contributed by atoms with Crippen LogP contribution in [0.2, 0.25) is 0 Å². The zero-order valence-corrected chi connectivity index (χ0v) is 22.7. The Balaban J connectivity index is 1.18. The van der Waals surface area contributed by atoms with Gasteiger partial charge in [0.05, 0.1) is 19.2 Å². The Hall–Kier alpha value is -3.07. The lowest BCUT2D eigenvalue weighted by molar-refractivity contribution is -0.148. The Labute approximate surface area is 226 Å². The van der Waals surface area contributed by atoms with Gasteiger partial charge >= 0.3 is 5.97 Å². The molecular formula is C29H42N6O3. The fourth-order valence-corrected chi connectivity index (χ4v) is 5.36. The highest BCUT2D eigenvalue weighted by Crippen LogP contribution is 2.21. The molecular weight excluding hydrogens is 480 g/mol. The van der Waals surface area contributed by atoms with E-state index in [0.29, 0.717) is 25.4 Å². The first-order chi connectivity index (χ1) is 18.6. The third kappa shape index (κ3) is 8.21. The van der Waals surface area contributed by atoms with Gasteiger partial charge in [-0.15, -0.1) is 0 Å². The summed E-state index contributed by atoms with van der Waals surface area (Å²) in [5, 5.41) is 6.40. The number of fused-ring (bicyclic) bond motifs is 1. The number of unbranched alkanes of at least 4 members (excludes halogenated alkanes) is 4. The molecule has 2 aromatic rings. The van der Waals surface area contributed by atoms with Crippen molar-refractivity contribution < 1.29 is 14.3 Å². The number of hydrogen-bond acceptors (Lipinski definition) is 8. The van der Waals surface area contributed by atoms with Crippen LogP contribution in [0.5, 0.6) is 0 Å². The number of likely N-dealkylation sites (tertiary alicyclic amines) is 1. The third-order valence-corrected chi connectivity index (χ3v) is 7.40. The Kier molecular flexibility index (Phi) is 10.9. The van der Waals surface area contributed by atoms with Crippen molar-refractivity contribution in [1.29, 1.82) is 0 Å². The molecule has 2 aliphatic heterocycles. The Morgan fingerprint density at radius 1 is 1.13 bits per heavy atom. The van der Waals surface area contributed by atoms with Gasteiger partial charge in [0.15, 0.2) is 0 Å². The zero-order valence-electron chi connectivity index (χ0n) is 22.7. The van der Waals surface area contributed by atoms with E-state index in [1.165, 1.54) is 12.0 Å². The van der Waals surface area contributed by atoms with Gasteiger partial charge in [-0.1, -0.05) is 31.7 Å². The van der Waals surface area contributed by atoms with Gasteiger partial charge in [0.25, 0.3) is 0 Å². The van der Waals surface area contributed by atoms with E-state index in [1.807, 2.05) is 0 Å². The van der Waals surface area contributed by atoms with E-state index in [-0.39, 0.29) is 17.9 Å². The quantitative estimate of drug-likeness (QED) is 0.285. The zero-order chi connectivity index (χ0) is 26.6. The molecule has 206 valence electrons. The van der Waals surface area contributed by atoms with Crippen molar-refractivity contribution in [3.63, 3.8) is 0 Å². The van der Waals surface area contributed by atoms with E-state index >= 15 is 0 Å². The number of nitrogens with one attached hydrogen (secondary N) is 2. The summed E-state index contributed by atoms with van der Waals surface area (Å²) in [7, 11) is 0. The molecule has 2 N–H and O–H groups in total. The van der Waals surface area contributed by atoms with Crippen molar-refractivity contribution >= 4 is 17.7 Å². The van der Waals surface area contributed by atoms with Gasteiger partial charge in [-0.25, -0.2) is 19.7 Å². The summed E-state index contributed by atoms with van der Waals surface area (Å²) < 4.78 is 5.27. The van der Waals surface area contributed by atoms with Gasteiger partial charge < -0.3 is 15.4 Å². The van der Waals surface area contributed by atoms with E-state index < -0.39 is 6.04 Å². The standard InChI is InChI=1S/C29H42N6O3/c1-2-38-29(37)24(34-28(36)25-14-9-20-35(25)21-26-30-18-10-19-31-26)13-7-5-3-4-6-12-23-16-15-22-11-8-17-32-27(22)33-23/h10,15-16,18-19,24-25H,2-9,11-14,17,20-21H2,1H3,(H,32,33)(H,34,36)/t24-,25-/m0/s1. The van der Waals surface area contributed by atoms with Crippen LogP contribution >= 0.6 is 0 Å². The molecule has 0 aromatic carbocycles. The van der Waals surface area contributed by atoms with Crippen molar-refractivity contribution in [1.82, 2.24) is 25.2 Å². The lowest BCUT2D eigenvalue weighted by Gasteiger charge is -2.25. The second-order valence-electron chi connectivity index (χ2n) is 10.3. The molecule has 0 bridgehead atoms. The molecule has 1 fully saturated rings. The molecule has 4 rings (SSSR count). The van der Waals surface area contributed by atoms with E-state index in [0.717, 1.165) is 82.4 Å². The van der Waals surface area contributed by atoms with Crippen LogP contribution in [0.15, 0.2) is 30.6 Å². The summed E-state index contributed by atoms with van der Waals surface area (Å²) in [5.74, 6) is 1.32. The van der Waals surface area contributed by atoms with Crippen molar-refractivity contribution in [3.8, 4) is 0 Å². The van der Waals surface area contributed by atoms with Gasteiger partial charge in [-0.2, -0.15) is 0 Å². The number of aryl methyl sites for hydroxylation is 2. The largest absolute Gasteiger partial charge is 0.464 e. The van der Waals surface area contributed by atoms with Gasteiger partial charge in [0.2, 0.25) is 5.91 Å². The summed E-state index contributed by atoms with van der Waals surface area (Å²) >= 11 is 0. The number of hydrogen-bond donors (Lipinski definition) is 2. The molecule has 9 heteroatoms. The normalized spacial score (nSPS) is 17.9. The van der Waals surface area contributed by atoms with Gasteiger partial charge in [0.1, 0.15) is 17.7 Å². The van der Waals surface area contributed by atoms with Crippen LogP contribution in [0.4, 0.5) is 5.82 Å². The molecule has 2 atom stereocenters.